The number of rotatable bonds is 28. The fourth-order valence-corrected chi connectivity index (χ4v) is 17.6. The number of carboxylic acid groups (broad SMARTS) is 2. The first-order valence-electron chi connectivity index (χ1n) is 45.4. The lowest BCUT2D eigenvalue weighted by Crippen LogP contribution is -2.61. The number of nitrogens with one attached hydrogen (secondary N) is 13. The molecule has 0 saturated carbocycles. The van der Waals surface area contributed by atoms with Gasteiger partial charge in [0.2, 0.25) is 100 Å². The fourth-order valence-electron chi connectivity index (χ4n) is 16.7. The van der Waals surface area contributed by atoms with Gasteiger partial charge in [-0.25, -0.2) is 4.98 Å². The van der Waals surface area contributed by atoms with Crippen LogP contribution in [0.25, 0.3) is 21.8 Å². The van der Waals surface area contributed by atoms with Gasteiger partial charge in [-0.1, -0.05) is 88.1 Å². The molecule has 22 N–H and O–H groups in total. The van der Waals surface area contributed by atoms with Crippen molar-refractivity contribution in [3.63, 3.8) is 0 Å². The summed E-state index contributed by atoms with van der Waals surface area (Å²) in [6.45, 7) is 3.37. The number of primary amides is 2. The number of hydrogen-bond donors (Lipinski definition) is 19. The fraction of sp³-hybridized carbons (Fsp3) is 0.516. The van der Waals surface area contributed by atoms with E-state index in [-0.39, 0.29) is 70.2 Å². The van der Waals surface area contributed by atoms with E-state index in [0.717, 1.165) is 36.3 Å². The zero-order valence-electron chi connectivity index (χ0n) is 77.4. The van der Waals surface area contributed by atoms with E-state index < -0.39 is 273 Å². The SMILES string of the molecule is CCCC[C@H]1C(=O)N(C)[C@@H](CCCC)C(=O)N[C@@H](CCCN)C(=O)N[C@H](C(=O)NCC(N)=O)CSCC(=O)N[C@@H](Cc2ccc(OC)cc2)C(=O)N(C)[C@@H](C)C(=O)N[C@@H](CC(N)=O)C(=O)N2CCC[C@H]2C(=O)N[C@@H](Cc2cnc[nH]2)C(=O)N[C@@H](CCC(=O)O)C(=O)N2C[C@H](O)C[C@H]2C(=O)N[C@@H](Cc2c[nH]c3ccccc23)C(=O)N[C@@H](CC(=O)O)C(=O)N[C@@H](Cc2c[nH]c3ccccc23)C(=O)N1C. The third-order valence-corrected chi connectivity index (χ3v) is 25.4. The van der Waals surface area contributed by atoms with Crippen LogP contribution < -0.4 is 75.1 Å². The molecule has 3 aliphatic heterocycles. The highest BCUT2D eigenvalue weighted by molar-refractivity contribution is 8.00. The molecule has 6 aromatic rings. The third-order valence-electron chi connectivity index (χ3n) is 24.4. The molecular formula is C91H124N22O23S. The number of carbonyl (C=O) groups excluding carboxylic acids is 17. The zero-order valence-corrected chi connectivity index (χ0v) is 78.2. The van der Waals surface area contributed by atoms with Crippen LogP contribution in [-0.4, -0.2) is 329 Å². The maximum atomic E-state index is 15.8. The van der Waals surface area contributed by atoms with Crippen LogP contribution >= 0.6 is 11.8 Å². The molecule has 0 aliphatic carbocycles. The molecule has 9 rings (SSSR count). The number of carboxylic acids is 2. The smallest absolute Gasteiger partial charge is 0.305 e. The molecule has 46 heteroatoms. The Morgan fingerprint density at radius 2 is 1.07 bits per heavy atom. The Bertz CT molecular complexity index is 5320. The number of thioether (sulfide) groups is 1. The number of carbonyl (C=O) groups is 19. The number of aliphatic carboxylic acids is 2. The van der Waals surface area contributed by atoms with Gasteiger partial charge in [-0.05, 0) is 99.4 Å². The van der Waals surface area contributed by atoms with E-state index in [1.54, 1.807) is 79.0 Å². The Kier molecular flexibility index (Phi) is 39.7. The normalized spacial score (nSPS) is 24.5. The van der Waals surface area contributed by atoms with Crippen LogP contribution in [0.4, 0.5) is 0 Å². The average molecular weight is 1930 g/mol. The predicted octanol–water partition coefficient (Wildman–Crippen LogP) is -2.85. The number of methoxy groups -OCH3 is 1. The van der Waals surface area contributed by atoms with Crippen LogP contribution in [0.2, 0.25) is 0 Å². The molecule has 3 fully saturated rings. The highest BCUT2D eigenvalue weighted by atomic mass is 32.2. The summed E-state index contributed by atoms with van der Waals surface area (Å²) in [5.74, 6) is -20.9. The number of hydrogen-bond acceptors (Lipinski definition) is 24. The number of fused-ring (bicyclic) bond motifs is 4. The van der Waals surface area contributed by atoms with Gasteiger partial charge in [0, 0.05) is 125 Å². The van der Waals surface area contributed by atoms with Crippen LogP contribution in [0.3, 0.4) is 0 Å². The number of imidazole rings is 1. The van der Waals surface area contributed by atoms with Crippen LogP contribution in [-0.2, 0) is 117 Å². The number of nitrogens with two attached hydrogens (primary N) is 3. The number of likely N-dealkylation sites (N-methyl/N-ethyl adjacent to an activating group) is 3. The second kappa shape index (κ2) is 51.0. The number of aliphatic hydroxyl groups excluding tert-OH is 1. The van der Waals surface area contributed by atoms with Crippen molar-refractivity contribution < 1.29 is 111 Å². The topological polar surface area (TPSA) is 669 Å². The monoisotopic (exact) mass is 1920 g/mol. The number of benzene rings is 3. The Hall–Kier alpha value is -14.1. The first-order valence-corrected chi connectivity index (χ1v) is 46.6. The number of H-pyrrole nitrogens is 3. The summed E-state index contributed by atoms with van der Waals surface area (Å²) in [6.07, 6.45) is 0.107. The van der Waals surface area contributed by atoms with Crippen molar-refractivity contribution in [2.24, 2.45) is 17.2 Å². The van der Waals surface area contributed by atoms with Crippen LogP contribution in [0.1, 0.15) is 139 Å². The second-order valence-corrected chi connectivity index (χ2v) is 35.4. The third kappa shape index (κ3) is 29.7. The van der Waals surface area contributed by atoms with Gasteiger partial charge in [0.05, 0.1) is 44.7 Å². The number of amides is 17. The summed E-state index contributed by atoms with van der Waals surface area (Å²) in [5, 5.41) is 59.1. The minimum Gasteiger partial charge on any atom is -0.497 e. The standard InChI is InChI=1S/C91H124N22O23S/c1-8-10-23-69-84(128)101-60(22-16-32-92)80(124)108-68(79(123)98-44-74(94)116)46-137-47-75(117)100-65(34-50-26-28-55(136-7)29-27-50)87(131)109(4)49(3)78(122)106-67(39-73(93)115)90(134)112-33-17-25-70(112)85(129)105-63(37-53-43-95-48-99-53)82(126)102-61(30-31-76(118)119)89(133)113-45-54(114)38-72(113)86(130)104-62(35-51-41-96-58-20-14-12-18-56(51)58)81(125)103-64(40-77(120)121)83(127)107-66(36-52-42-97-59-21-15-13-19-57(52)59)88(132)111(6)71(24-11-9-2)91(135)110(69)5/h12-15,18-21,26-29,41-43,48-49,54,60-72,96-97,114H,8-11,16-17,22-25,30-40,44-47,92H2,1-7H3,(H2,93,115)(H2,94,116)(H,95,99)(H,98,123)(H,100,117)(H,101,128)(H,102,126)(H,103,125)(H,104,130)(H,105,129)(H,106,122)(H,107,127)(H,108,124)(H,118,119)(H,120,121)/t49-,54+,60-,61-,62-,63-,64-,65-,66-,67-,68-,69-,70-,71-,72-/m0/s1. The van der Waals surface area contributed by atoms with E-state index in [4.69, 9.17) is 21.9 Å². The molecule has 137 heavy (non-hydrogen) atoms. The van der Waals surface area contributed by atoms with Gasteiger partial charge >= 0.3 is 11.9 Å². The van der Waals surface area contributed by atoms with Crippen LogP contribution in [0, 0.1) is 0 Å². The van der Waals surface area contributed by atoms with Gasteiger partial charge in [0.1, 0.15) is 90.3 Å². The summed E-state index contributed by atoms with van der Waals surface area (Å²) in [4.78, 5) is 294. The number of para-hydroxylation sites is 2. The molecule has 742 valence electrons. The number of aromatic amines is 3. The van der Waals surface area contributed by atoms with Gasteiger partial charge in [-0.2, -0.15) is 0 Å². The summed E-state index contributed by atoms with van der Waals surface area (Å²) >= 11 is 0.774. The van der Waals surface area contributed by atoms with Gasteiger partial charge in [0.25, 0.3) is 0 Å². The number of nitrogens with zero attached hydrogens (tertiary/aromatic N) is 6. The van der Waals surface area contributed by atoms with Crippen molar-refractivity contribution in [3.8, 4) is 5.75 Å². The zero-order chi connectivity index (χ0) is 100. The quantitative estimate of drug-likeness (QED) is 0.0235. The first-order chi connectivity index (χ1) is 65.3. The Labute approximate surface area is 793 Å². The van der Waals surface area contributed by atoms with E-state index in [2.05, 4.69) is 73.1 Å². The lowest BCUT2D eigenvalue weighted by Gasteiger charge is -2.36. The summed E-state index contributed by atoms with van der Waals surface area (Å²) in [5.41, 5.74) is 19.8. The van der Waals surface area contributed by atoms with E-state index in [1.165, 1.54) is 53.9 Å². The molecule has 0 unspecified atom stereocenters. The molecule has 3 aliphatic rings. The lowest BCUT2D eigenvalue weighted by molar-refractivity contribution is -0.149. The van der Waals surface area contributed by atoms with Crippen LogP contribution in [0.15, 0.2) is 97.7 Å². The lowest BCUT2D eigenvalue weighted by atomic mass is 9.99. The van der Waals surface area contributed by atoms with Crippen molar-refractivity contribution in [2.75, 3.05) is 65.9 Å². The molecule has 17 amide bonds. The Morgan fingerprint density at radius 3 is 1.66 bits per heavy atom. The molecule has 0 bridgehead atoms. The number of ether oxygens (including phenoxy) is 1. The van der Waals surface area contributed by atoms with Gasteiger partial charge in [-0.15, -0.1) is 11.8 Å². The molecule has 3 saturated heterocycles. The summed E-state index contributed by atoms with van der Waals surface area (Å²) in [7, 11) is 5.27. The Morgan fingerprint density at radius 1 is 0.526 bits per heavy atom. The average Bonchev–Trinajstić information content (AvgIpc) is 1.77. The van der Waals surface area contributed by atoms with Gasteiger partial charge in [0.15, 0.2) is 0 Å². The van der Waals surface area contributed by atoms with E-state index in [9.17, 15) is 68.1 Å². The van der Waals surface area contributed by atoms with E-state index in [1.807, 2.05) is 13.8 Å². The highest BCUT2D eigenvalue weighted by Crippen LogP contribution is 2.28. The maximum absolute atomic E-state index is 15.8. The molecule has 3 aromatic carbocycles. The molecule has 0 spiro atoms. The number of aliphatic hydroxyl groups is 1. The van der Waals surface area contributed by atoms with E-state index in [0.29, 0.717) is 69.9 Å². The van der Waals surface area contributed by atoms with Crippen molar-refractivity contribution in [1.29, 1.82) is 0 Å². The van der Waals surface area contributed by atoms with Crippen LogP contribution in [0.5, 0.6) is 5.75 Å². The van der Waals surface area contributed by atoms with E-state index >= 15 is 38.4 Å². The van der Waals surface area contributed by atoms with Crippen molar-refractivity contribution >= 4 is 146 Å². The number of unbranched alkanes of at least 4 members (excludes halogenated alkanes) is 2. The molecule has 3 aromatic heterocycles. The van der Waals surface area contributed by atoms with Gasteiger partial charge in [-0.3, -0.25) is 91.1 Å². The molecule has 0 radical (unpaired) electrons. The van der Waals surface area contributed by atoms with Crippen molar-refractivity contribution in [2.45, 2.75) is 233 Å². The predicted molar refractivity (Wildman–Crippen MR) is 496 cm³/mol. The molecular weight excluding hydrogens is 1800 g/mol. The molecule has 15 atom stereocenters. The highest BCUT2D eigenvalue weighted by Gasteiger charge is 2.47. The maximum Gasteiger partial charge on any atom is 0.305 e. The van der Waals surface area contributed by atoms with Crippen molar-refractivity contribution in [1.82, 2.24) is 97.6 Å². The molecule has 6 heterocycles. The first kappa shape index (κ1) is 107. The minimum atomic E-state index is -2.09. The molecule has 45 nitrogen and oxygen atoms in total. The largest absolute Gasteiger partial charge is 0.497 e. The second-order valence-electron chi connectivity index (χ2n) is 34.3. The number of aromatic nitrogens is 4. The summed E-state index contributed by atoms with van der Waals surface area (Å²) in [6, 6.07) is -3.09. The Balaban J connectivity index is 1.11. The minimum absolute atomic E-state index is 0.0169. The van der Waals surface area contributed by atoms with Gasteiger partial charge < -0.3 is 130 Å². The summed E-state index contributed by atoms with van der Waals surface area (Å²) < 4.78 is 5.34. The van der Waals surface area contributed by atoms with Crippen molar-refractivity contribution in [3.05, 3.63) is 120 Å².